The van der Waals surface area contributed by atoms with Gasteiger partial charge in [0.15, 0.2) is 0 Å². The molecule has 0 spiro atoms. The second-order valence-corrected chi connectivity index (χ2v) is 9.36. The largest absolute Gasteiger partial charge is 0.497 e. The van der Waals surface area contributed by atoms with Gasteiger partial charge in [0, 0.05) is 38.3 Å². The lowest BCUT2D eigenvalue weighted by Gasteiger charge is -2.26. The number of nitrogens with zero attached hydrogens (tertiary/aromatic N) is 1. The lowest BCUT2D eigenvalue weighted by atomic mass is 10.3. The zero-order valence-electron chi connectivity index (χ0n) is 12.0. The minimum Gasteiger partial charge on any atom is -0.497 e. The van der Waals surface area contributed by atoms with Gasteiger partial charge in [0.25, 0.3) is 5.24 Å². The van der Waals surface area contributed by atoms with Gasteiger partial charge in [0.1, 0.15) is 5.75 Å². The molecule has 0 N–H and O–H groups in total. The van der Waals surface area contributed by atoms with Crippen molar-refractivity contribution in [3.8, 4) is 5.75 Å². The number of rotatable bonds is 8. The number of hydrogen-bond acceptors (Lipinski definition) is 3. The van der Waals surface area contributed by atoms with Gasteiger partial charge < -0.3 is 9.64 Å². The third-order valence-electron chi connectivity index (χ3n) is 2.69. The zero-order valence-corrected chi connectivity index (χ0v) is 19.1. The average Bonchev–Trinajstić information content (AvgIpc) is 2.54. The van der Waals surface area contributed by atoms with Crippen molar-refractivity contribution in [2.24, 2.45) is 0 Å². The molecule has 1 aromatic carbocycles. The van der Waals surface area contributed by atoms with Crippen LogP contribution in [-0.4, -0.2) is 50.7 Å². The fraction of sp³-hybridized carbons (Fsp3) is 0.500. The molecular weight excluding hydrogens is 566 g/mol. The minimum absolute atomic E-state index is 0.0426. The molecule has 2 unspecified atom stereocenters. The molecule has 0 aliphatic heterocycles. The van der Waals surface area contributed by atoms with Crippen molar-refractivity contribution in [2.75, 3.05) is 30.9 Å². The summed E-state index contributed by atoms with van der Waals surface area (Å²) in [6.45, 7) is 1.31. The Kier molecular flexibility index (Phi) is 10.7. The first-order chi connectivity index (χ1) is 10.5. The highest BCUT2D eigenvalue weighted by atomic mass is 79.9. The molecule has 124 valence electrons. The summed E-state index contributed by atoms with van der Waals surface area (Å²) in [5.41, 5.74) is 0. The van der Waals surface area contributed by atoms with Crippen LogP contribution in [0.3, 0.4) is 0 Å². The topological polar surface area (TPSA) is 29.5 Å². The summed E-state index contributed by atoms with van der Waals surface area (Å²) < 4.78 is 5.13. The summed E-state index contributed by atoms with van der Waals surface area (Å²) in [6, 6.07) is 7.51. The van der Waals surface area contributed by atoms with Crippen LogP contribution < -0.4 is 4.74 Å². The summed E-state index contributed by atoms with van der Waals surface area (Å²) in [5.74, 6) is 0.785. The Morgan fingerprint density at radius 3 is 2.05 bits per heavy atom. The number of benzene rings is 1. The van der Waals surface area contributed by atoms with Crippen molar-refractivity contribution in [2.45, 2.75) is 14.5 Å². The maximum absolute atomic E-state index is 12.6. The monoisotopic (exact) mass is 579 g/mol. The van der Waals surface area contributed by atoms with Crippen LogP contribution in [0.1, 0.15) is 0 Å². The molecule has 1 amide bonds. The van der Waals surface area contributed by atoms with Crippen LogP contribution in [-0.2, 0) is 0 Å². The van der Waals surface area contributed by atoms with E-state index in [-0.39, 0.29) is 14.9 Å². The first-order valence-electron chi connectivity index (χ1n) is 6.51. The minimum atomic E-state index is 0.0426. The highest BCUT2D eigenvalue weighted by Crippen LogP contribution is 2.25. The molecule has 1 aromatic rings. The van der Waals surface area contributed by atoms with Crippen LogP contribution >= 0.6 is 75.5 Å². The fourth-order valence-corrected chi connectivity index (χ4v) is 3.47. The van der Waals surface area contributed by atoms with Crippen molar-refractivity contribution in [3.05, 3.63) is 24.3 Å². The molecule has 8 heteroatoms. The van der Waals surface area contributed by atoms with E-state index in [4.69, 9.17) is 4.74 Å². The third-order valence-corrected chi connectivity index (χ3v) is 8.16. The highest BCUT2D eigenvalue weighted by Gasteiger charge is 2.20. The van der Waals surface area contributed by atoms with Gasteiger partial charge in [-0.15, -0.1) is 0 Å². The van der Waals surface area contributed by atoms with Crippen LogP contribution in [0.2, 0.25) is 0 Å². The van der Waals surface area contributed by atoms with Crippen LogP contribution in [0.5, 0.6) is 5.75 Å². The second kappa shape index (κ2) is 11.3. The van der Waals surface area contributed by atoms with Crippen LogP contribution in [0.25, 0.3) is 0 Å². The highest BCUT2D eigenvalue weighted by molar-refractivity contribution is 9.12. The molecule has 0 radical (unpaired) electrons. The maximum atomic E-state index is 12.6. The Hall–Kier alpha value is 0.760. The standard InChI is InChI=1S/C14H17Br4NO2S/c1-21-12-2-4-13(5-3-12)22-14(20)19(8-10(17)6-15)9-11(18)7-16/h2-5,10-11H,6-9H2,1H3. The molecule has 1 rings (SSSR count). The SMILES string of the molecule is COc1ccc(SC(=O)N(CC(Br)CBr)CC(Br)CBr)cc1. The van der Waals surface area contributed by atoms with E-state index in [0.29, 0.717) is 13.1 Å². The number of carbonyl (C=O) groups is 1. The summed E-state index contributed by atoms with van der Waals surface area (Å²) >= 11 is 15.2. The van der Waals surface area contributed by atoms with Crippen molar-refractivity contribution >= 4 is 80.7 Å². The quantitative estimate of drug-likeness (QED) is 0.298. The lowest BCUT2D eigenvalue weighted by molar-refractivity contribution is 0.225. The molecular formula is C14H17Br4NO2S. The fourth-order valence-electron chi connectivity index (χ4n) is 1.61. The van der Waals surface area contributed by atoms with Crippen molar-refractivity contribution in [1.29, 1.82) is 0 Å². The Morgan fingerprint density at radius 1 is 1.14 bits per heavy atom. The number of ether oxygens (including phenoxy) is 1. The molecule has 3 nitrogen and oxygen atoms in total. The number of carbonyl (C=O) groups excluding carboxylic acids is 1. The van der Waals surface area contributed by atoms with E-state index in [1.807, 2.05) is 29.2 Å². The molecule has 0 saturated carbocycles. The molecule has 0 aliphatic rings. The molecule has 0 aliphatic carbocycles. The van der Waals surface area contributed by atoms with Gasteiger partial charge in [-0.1, -0.05) is 63.7 Å². The Labute approximate surface area is 169 Å². The number of thioether (sulfide) groups is 1. The number of amides is 1. The molecule has 22 heavy (non-hydrogen) atoms. The van der Waals surface area contributed by atoms with Gasteiger partial charge >= 0.3 is 0 Å². The average molecular weight is 583 g/mol. The van der Waals surface area contributed by atoms with Gasteiger partial charge in [0.05, 0.1) is 7.11 Å². The number of hydrogen-bond donors (Lipinski definition) is 0. The maximum Gasteiger partial charge on any atom is 0.286 e. The number of halogens is 4. The molecule has 0 bridgehead atoms. The molecule has 0 fully saturated rings. The summed E-state index contributed by atoms with van der Waals surface area (Å²) in [6.07, 6.45) is 0. The summed E-state index contributed by atoms with van der Waals surface area (Å²) in [5, 5.41) is 1.64. The Balaban J connectivity index is 2.71. The summed E-state index contributed by atoms with van der Waals surface area (Å²) in [4.78, 5) is 15.8. The van der Waals surface area contributed by atoms with Gasteiger partial charge in [-0.2, -0.15) is 0 Å². The van der Waals surface area contributed by atoms with E-state index < -0.39 is 0 Å². The van der Waals surface area contributed by atoms with E-state index in [2.05, 4.69) is 63.7 Å². The number of methoxy groups -OCH3 is 1. The van der Waals surface area contributed by atoms with Crippen LogP contribution in [0, 0.1) is 0 Å². The van der Waals surface area contributed by atoms with Crippen LogP contribution in [0.15, 0.2) is 29.2 Å². The van der Waals surface area contributed by atoms with E-state index in [1.54, 1.807) is 7.11 Å². The summed E-state index contributed by atoms with van der Waals surface area (Å²) in [7, 11) is 1.63. The van der Waals surface area contributed by atoms with Gasteiger partial charge in [0.2, 0.25) is 0 Å². The van der Waals surface area contributed by atoms with Crippen molar-refractivity contribution < 1.29 is 9.53 Å². The predicted octanol–water partition coefficient (Wildman–Crippen LogP) is 5.53. The molecule has 2 atom stereocenters. The smallest absolute Gasteiger partial charge is 0.286 e. The normalized spacial score (nSPS) is 13.5. The number of alkyl halides is 4. The second-order valence-electron chi connectivity index (χ2n) is 4.45. The van der Waals surface area contributed by atoms with Gasteiger partial charge in [-0.05, 0) is 36.0 Å². The first kappa shape index (κ1) is 20.8. The molecule has 0 saturated heterocycles. The van der Waals surface area contributed by atoms with E-state index in [0.717, 1.165) is 21.3 Å². The third kappa shape index (κ3) is 7.55. The van der Waals surface area contributed by atoms with E-state index >= 15 is 0 Å². The van der Waals surface area contributed by atoms with E-state index in [9.17, 15) is 4.79 Å². The van der Waals surface area contributed by atoms with Crippen molar-refractivity contribution in [3.63, 3.8) is 0 Å². The zero-order chi connectivity index (χ0) is 16.5. The van der Waals surface area contributed by atoms with Gasteiger partial charge in [-0.3, -0.25) is 4.79 Å². The van der Waals surface area contributed by atoms with E-state index in [1.165, 1.54) is 11.8 Å². The first-order valence-corrected chi connectivity index (χ1v) is 11.4. The Morgan fingerprint density at radius 2 is 1.64 bits per heavy atom. The molecule has 0 heterocycles. The lowest BCUT2D eigenvalue weighted by Crippen LogP contribution is -2.38. The predicted molar refractivity (Wildman–Crippen MR) is 109 cm³/mol. The Bertz CT molecular complexity index is 449. The van der Waals surface area contributed by atoms with Gasteiger partial charge in [-0.25, -0.2) is 0 Å². The van der Waals surface area contributed by atoms with Crippen LogP contribution in [0.4, 0.5) is 4.79 Å². The van der Waals surface area contributed by atoms with Crippen molar-refractivity contribution in [1.82, 2.24) is 4.90 Å². The molecule has 0 aromatic heterocycles.